The number of fused-ring (bicyclic) bond motifs is 1. The zero-order valence-corrected chi connectivity index (χ0v) is 13.9. The van der Waals surface area contributed by atoms with Gasteiger partial charge in [0, 0.05) is 32.1 Å². The molecule has 1 N–H and O–H groups in total. The van der Waals surface area contributed by atoms with Gasteiger partial charge < -0.3 is 10.2 Å². The van der Waals surface area contributed by atoms with E-state index < -0.39 is 0 Å². The summed E-state index contributed by atoms with van der Waals surface area (Å²) < 4.78 is 1.31. The summed E-state index contributed by atoms with van der Waals surface area (Å²) in [5.74, 6) is 0.0694. The van der Waals surface area contributed by atoms with Gasteiger partial charge in [-0.25, -0.2) is 4.68 Å². The SMILES string of the molecule is Cl.Cn1nc(CC(=O)N2CCCNCC2)c2ccccc2c1=O. The number of hydrogen-bond donors (Lipinski definition) is 1. The molecule has 1 aliphatic rings. The Labute approximate surface area is 140 Å². The first-order valence-corrected chi connectivity index (χ1v) is 7.60. The maximum Gasteiger partial charge on any atom is 0.274 e. The van der Waals surface area contributed by atoms with Crippen LogP contribution in [0, 0.1) is 0 Å². The van der Waals surface area contributed by atoms with Crippen LogP contribution in [0.3, 0.4) is 0 Å². The highest BCUT2D eigenvalue weighted by molar-refractivity contribution is 5.88. The van der Waals surface area contributed by atoms with Crippen LogP contribution in [0.25, 0.3) is 10.8 Å². The average Bonchev–Trinajstić information content (AvgIpc) is 2.81. The first kappa shape index (κ1) is 17.4. The topological polar surface area (TPSA) is 67.2 Å². The lowest BCUT2D eigenvalue weighted by molar-refractivity contribution is -0.130. The van der Waals surface area contributed by atoms with Gasteiger partial charge in [0.25, 0.3) is 5.56 Å². The number of rotatable bonds is 2. The number of nitrogens with one attached hydrogen (secondary N) is 1. The van der Waals surface area contributed by atoms with Crippen LogP contribution in [0.5, 0.6) is 0 Å². The fourth-order valence-electron chi connectivity index (χ4n) is 2.86. The van der Waals surface area contributed by atoms with E-state index in [0.29, 0.717) is 11.1 Å². The van der Waals surface area contributed by atoms with Crippen molar-refractivity contribution in [2.75, 3.05) is 26.2 Å². The number of hydrogen-bond acceptors (Lipinski definition) is 4. The lowest BCUT2D eigenvalue weighted by atomic mass is 10.1. The lowest BCUT2D eigenvalue weighted by Crippen LogP contribution is -2.36. The number of aryl methyl sites for hydroxylation is 1. The zero-order chi connectivity index (χ0) is 15.5. The van der Waals surface area contributed by atoms with Crippen molar-refractivity contribution in [3.8, 4) is 0 Å². The maximum atomic E-state index is 12.5. The number of carbonyl (C=O) groups excluding carboxylic acids is 1. The highest BCUT2D eigenvalue weighted by atomic mass is 35.5. The van der Waals surface area contributed by atoms with Crippen molar-refractivity contribution in [2.24, 2.45) is 7.05 Å². The Balaban J connectivity index is 0.00000192. The Morgan fingerprint density at radius 2 is 1.96 bits per heavy atom. The molecule has 2 heterocycles. The smallest absolute Gasteiger partial charge is 0.274 e. The van der Waals surface area contributed by atoms with Crippen LogP contribution in [0.2, 0.25) is 0 Å². The van der Waals surface area contributed by atoms with Gasteiger partial charge in [-0.05, 0) is 19.0 Å². The summed E-state index contributed by atoms with van der Waals surface area (Å²) in [5.41, 5.74) is 0.533. The Bertz CT molecular complexity index is 751. The van der Waals surface area contributed by atoms with Crippen LogP contribution in [0.15, 0.2) is 29.1 Å². The summed E-state index contributed by atoms with van der Waals surface area (Å²) >= 11 is 0. The molecule has 0 unspecified atom stereocenters. The number of benzene rings is 1. The summed E-state index contributed by atoms with van der Waals surface area (Å²) in [6.45, 7) is 3.27. The van der Waals surface area contributed by atoms with Gasteiger partial charge in [-0.2, -0.15) is 5.10 Å². The van der Waals surface area contributed by atoms with E-state index in [2.05, 4.69) is 10.4 Å². The zero-order valence-electron chi connectivity index (χ0n) is 13.1. The van der Waals surface area contributed by atoms with Crippen molar-refractivity contribution >= 4 is 29.1 Å². The van der Waals surface area contributed by atoms with E-state index in [1.54, 1.807) is 13.1 Å². The van der Waals surface area contributed by atoms with Crippen molar-refractivity contribution in [3.05, 3.63) is 40.3 Å². The van der Waals surface area contributed by atoms with Crippen molar-refractivity contribution in [2.45, 2.75) is 12.8 Å². The highest BCUT2D eigenvalue weighted by Crippen LogP contribution is 2.14. The molecule has 0 bridgehead atoms. The predicted octanol–water partition coefficient (Wildman–Crippen LogP) is 0.720. The molecule has 1 fully saturated rings. The highest BCUT2D eigenvalue weighted by Gasteiger charge is 2.18. The van der Waals surface area contributed by atoms with Crippen LogP contribution in [-0.2, 0) is 18.3 Å². The van der Waals surface area contributed by atoms with Gasteiger partial charge in [-0.1, -0.05) is 18.2 Å². The minimum absolute atomic E-state index is 0. The van der Waals surface area contributed by atoms with Crippen LogP contribution in [-0.4, -0.2) is 46.8 Å². The van der Waals surface area contributed by atoms with E-state index in [1.165, 1.54) is 4.68 Å². The molecule has 7 heteroatoms. The van der Waals surface area contributed by atoms with E-state index in [-0.39, 0.29) is 30.3 Å². The van der Waals surface area contributed by atoms with E-state index >= 15 is 0 Å². The van der Waals surface area contributed by atoms with Crippen molar-refractivity contribution in [1.82, 2.24) is 20.0 Å². The molecule has 0 radical (unpaired) electrons. The summed E-state index contributed by atoms with van der Waals surface area (Å²) in [7, 11) is 1.62. The second kappa shape index (κ2) is 7.57. The second-order valence-electron chi connectivity index (χ2n) is 5.58. The quantitative estimate of drug-likeness (QED) is 0.877. The molecule has 0 atom stereocenters. The van der Waals surface area contributed by atoms with Gasteiger partial charge in [0.2, 0.25) is 5.91 Å². The van der Waals surface area contributed by atoms with E-state index in [4.69, 9.17) is 0 Å². The molecule has 1 aromatic carbocycles. The molecule has 0 spiro atoms. The first-order valence-electron chi connectivity index (χ1n) is 7.60. The third kappa shape index (κ3) is 3.71. The van der Waals surface area contributed by atoms with Gasteiger partial charge in [-0.3, -0.25) is 9.59 Å². The van der Waals surface area contributed by atoms with Gasteiger partial charge in [0.05, 0.1) is 17.5 Å². The number of amides is 1. The monoisotopic (exact) mass is 336 g/mol. The van der Waals surface area contributed by atoms with Gasteiger partial charge in [-0.15, -0.1) is 12.4 Å². The van der Waals surface area contributed by atoms with E-state index in [9.17, 15) is 9.59 Å². The molecular weight excluding hydrogens is 316 g/mol. The third-order valence-electron chi connectivity index (χ3n) is 4.04. The maximum absolute atomic E-state index is 12.5. The molecule has 1 saturated heterocycles. The molecule has 2 aromatic rings. The summed E-state index contributed by atoms with van der Waals surface area (Å²) in [6.07, 6.45) is 1.20. The Kier molecular flexibility index (Phi) is 5.74. The lowest BCUT2D eigenvalue weighted by Gasteiger charge is -2.20. The van der Waals surface area contributed by atoms with Crippen LogP contribution in [0.1, 0.15) is 12.1 Å². The first-order chi connectivity index (χ1) is 10.7. The minimum atomic E-state index is -0.134. The van der Waals surface area contributed by atoms with Gasteiger partial charge in [0.1, 0.15) is 0 Å². The number of nitrogens with zero attached hydrogens (tertiary/aromatic N) is 3. The summed E-state index contributed by atoms with van der Waals surface area (Å²) in [6, 6.07) is 7.34. The largest absolute Gasteiger partial charge is 0.341 e. The Hall–Kier alpha value is -1.92. The van der Waals surface area contributed by atoms with Crippen LogP contribution >= 0.6 is 12.4 Å². The van der Waals surface area contributed by atoms with Crippen molar-refractivity contribution < 1.29 is 4.79 Å². The molecule has 0 saturated carbocycles. The van der Waals surface area contributed by atoms with Crippen LogP contribution < -0.4 is 10.9 Å². The normalized spacial score (nSPS) is 15.1. The standard InChI is InChI=1S/C16H20N4O2.ClH/c1-19-16(22)13-6-3-2-5-12(13)14(18-19)11-15(21)20-9-4-7-17-8-10-20;/h2-3,5-6,17H,4,7-11H2,1H3;1H. The van der Waals surface area contributed by atoms with Crippen molar-refractivity contribution in [3.63, 3.8) is 0 Å². The van der Waals surface area contributed by atoms with Crippen molar-refractivity contribution in [1.29, 1.82) is 0 Å². The minimum Gasteiger partial charge on any atom is -0.341 e. The summed E-state index contributed by atoms with van der Waals surface area (Å²) in [5, 5.41) is 8.97. The Morgan fingerprint density at radius 1 is 1.22 bits per heavy atom. The fourth-order valence-corrected chi connectivity index (χ4v) is 2.86. The number of aromatic nitrogens is 2. The molecule has 23 heavy (non-hydrogen) atoms. The Morgan fingerprint density at radius 3 is 2.74 bits per heavy atom. The predicted molar refractivity (Wildman–Crippen MR) is 92.0 cm³/mol. The molecule has 1 aliphatic heterocycles. The molecule has 1 aromatic heterocycles. The van der Waals surface area contributed by atoms with E-state index in [0.717, 1.165) is 38.0 Å². The van der Waals surface area contributed by atoms with Gasteiger partial charge >= 0.3 is 0 Å². The molecule has 1 amide bonds. The molecule has 0 aliphatic carbocycles. The van der Waals surface area contributed by atoms with Crippen LogP contribution in [0.4, 0.5) is 0 Å². The molecular formula is C16H21ClN4O2. The average molecular weight is 337 g/mol. The van der Waals surface area contributed by atoms with Gasteiger partial charge in [0.15, 0.2) is 0 Å². The summed E-state index contributed by atoms with van der Waals surface area (Å²) in [4.78, 5) is 26.5. The second-order valence-corrected chi connectivity index (χ2v) is 5.58. The fraction of sp³-hybridized carbons (Fsp3) is 0.438. The molecule has 3 rings (SSSR count). The number of halogens is 1. The molecule has 6 nitrogen and oxygen atoms in total. The molecule has 124 valence electrons. The third-order valence-corrected chi connectivity index (χ3v) is 4.04. The van der Waals surface area contributed by atoms with E-state index in [1.807, 2.05) is 23.1 Å². The number of carbonyl (C=O) groups is 1.